The summed E-state index contributed by atoms with van der Waals surface area (Å²) in [4.78, 5) is 15.5. The Kier molecular flexibility index (Phi) is 5.73. The molecule has 0 aromatic rings. The van der Waals surface area contributed by atoms with Crippen molar-refractivity contribution in [3.8, 4) is 0 Å². The van der Waals surface area contributed by atoms with Crippen molar-refractivity contribution in [3.05, 3.63) is 0 Å². The maximum Gasteiger partial charge on any atom is 0.226 e. The minimum absolute atomic E-state index is 0.292. The number of carbonyl (C=O) groups excluding carboxylic acids is 1. The van der Waals surface area contributed by atoms with Gasteiger partial charge in [-0.05, 0) is 118 Å². The largest absolute Gasteiger partial charge is 0.381 e. The fourth-order valence-electron chi connectivity index (χ4n) is 8.95. The summed E-state index contributed by atoms with van der Waals surface area (Å²) < 4.78 is 5.77. The van der Waals surface area contributed by atoms with Gasteiger partial charge in [-0.1, -0.05) is 6.92 Å². The third-order valence-electron chi connectivity index (χ3n) is 10.3. The van der Waals surface area contributed by atoms with Crippen LogP contribution in [0.25, 0.3) is 0 Å². The van der Waals surface area contributed by atoms with Gasteiger partial charge in [-0.15, -0.1) is 0 Å². The van der Waals surface area contributed by atoms with E-state index in [1.54, 1.807) is 0 Å². The van der Waals surface area contributed by atoms with E-state index in [0.29, 0.717) is 17.2 Å². The van der Waals surface area contributed by atoms with Gasteiger partial charge in [-0.2, -0.15) is 0 Å². The van der Waals surface area contributed by atoms with Gasteiger partial charge in [-0.25, -0.2) is 0 Å². The van der Waals surface area contributed by atoms with Crippen molar-refractivity contribution in [2.24, 2.45) is 46.8 Å². The lowest BCUT2D eigenvalue weighted by Gasteiger charge is -2.56. The number of carbonyl (C=O) groups is 1. The summed E-state index contributed by atoms with van der Waals surface area (Å²) >= 11 is 0. The summed E-state index contributed by atoms with van der Waals surface area (Å²) in [5.41, 5.74) is 0.292. The quantitative estimate of drug-likeness (QED) is 0.620. The third-order valence-corrected chi connectivity index (χ3v) is 10.3. The highest BCUT2D eigenvalue weighted by molar-refractivity contribution is 5.80. The summed E-state index contributed by atoms with van der Waals surface area (Å²) in [6, 6.07) is 0. The Morgan fingerprint density at radius 2 is 1.76 bits per heavy atom. The Hall–Kier alpha value is -0.570. The second-order valence-corrected chi connectivity index (χ2v) is 11.5. The average molecular weight is 402 g/mol. The van der Waals surface area contributed by atoms with Gasteiger partial charge in [0, 0.05) is 32.2 Å². The molecule has 1 amide bonds. The molecule has 5 rings (SSSR count). The molecule has 0 aromatic carbocycles. The first-order valence-electron chi connectivity index (χ1n) is 13.0. The molecule has 3 nitrogen and oxygen atoms in total. The Labute approximate surface area is 178 Å². The monoisotopic (exact) mass is 401 g/mol. The number of amides is 1. The van der Waals surface area contributed by atoms with Crippen molar-refractivity contribution in [2.45, 2.75) is 84.5 Å². The molecule has 0 radical (unpaired) electrons. The first-order chi connectivity index (χ1) is 14.1. The smallest absolute Gasteiger partial charge is 0.226 e. The summed E-state index contributed by atoms with van der Waals surface area (Å²) in [5.74, 6) is 6.29. The van der Waals surface area contributed by atoms with E-state index in [4.69, 9.17) is 4.74 Å². The van der Waals surface area contributed by atoms with Crippen molar-refractivity contribution in [2.75, 3.05) is 26.3 Å². The summed E-state index contributed by atoms with van der Waals surface area (Å²) in [7, 11) is 0. The number of hydrogen-bond donors (Lipinski definition) is 0. The van der Waals surface area contributed by atoms with Crippen LogP contribution < -0.4 is 0 Å². The van der Waals surface area contributed by atoms with Crippen LogP contribution in [0.3, 0.4) is 0 Å². The van der Waals surface area contributed by atoms with Crippen LogP contribution in [0.15, 0.2) is 0 Å². The van der Waals surface area contributed by atoms with Crippen molar-refractivity contribution in [3.63, 3.8) is 0 Å². The molecule has 1 saturated heterocycles. The van der Waals surface area contributed by atoms with Crippen LogP contribution in [0.5, 0.6) is 0 Å². The molecular formula is C26H43NO2. The van der Waals surface area contributed by atoms with Gasteiger partial charge in [0.1, 0.15) is 0 Å². The van der Waals surface area contributed by atoms with E-state index in [-0.39, 0.29) is 0 Å². The van der Waals surface area contributed by atoms with Crippen LogP contribution in [0, 0.1) is 46.8 Å². The standard InChI is InChI=1S/C26H43NO2/c1-3-29-17-18-6-8-20-19(16-18)7-9-22-21(20)12-13-26(2)23(22)10-11-24(26)25(28)27-14-4-5-15-27/h18-24H,3-17H2,1-2H3. The van der Waals surface area contributed by atoms with Crippen molar-refractivity contribution in [1.29, 1.82) is 0 Å². The molecule has 5 aliphatic rings. The predicted molar refractivity (Wildman–Crippen MR) is 116 cm³/mol. The van der Waals surface area contributed by atoms with Crippen LogP contribution in [0.1, 0.15) is 84.5 Å². The summed E-state index contributed by atoms with van der Waals surface area (Å²) in [5, 5.41) is 0. The number of ether oxygens (including phenoxy) is 1. The highest BCUT2D eigenvalue weighted by Gasteiger charge is 2.59. The molecule has 0 bridgehead atoms. The maximum absolute atomic E-state index is 13.3. The molecule has 29 heavy (non-hydrogen) atoms. The van der Waals surface area contributed by atoms with E-state index in [0.717, 1.165) is 61.8 Å². The zero-order chi connectivity index (χ0) is 20.0. The highest BCUT2D eigenvalue weighted by Crippen LogP contribution is 2.64. The van der Waals surface area contributed by atoms with Crippen molar-refractivity contribution >= 4 is 5.91 Å². The predicted octanol–water partition coefficient (Wildman–Crippen LogP) is 5.53. The number of fused-ring (bicyclic) bond motifs is 5. The minimum Gasteiger partial charge on any atom is -0.381 e. The van der Waals surface area contributed by atoms with Crippen molar-refractivity contribution < 1.29 is 9.53 Å². The van der Waals surface area contributed by atoms with Crippen LogP contribution >= 0.6 is 0 Å². The Morgan fingerprint density at radius 1 is 0.966 bits per heavy atom. The lowest BCUT2D eigenvalue weighted by Crippen LogP contribution is -2.50. The Bertz CT molecular complexity index is 600. The fraction of sp³-hybridized carbons (Fsp3) is 0.962. The van der Waals surface area contributed by atoms with Crippen LogP contribution in [-0.4, -0.2) is 37.1 Å². The maximum atomic E-state index is 13.3. The van der Waals surface area contributed by atoms with E-state index >= 15 is 0 Å². The Balaban J connectivity index is 1.27. The fourth-order valence-corrected chi connectivity index (χ4v) is 8.95. The molecule has 4 saturated carbocycles. The molecule has 164 valence electrons. The van der Waals surface area contributed by atoms with Gasteiger partial charge >= 0.3 is 0 Å². The molecule has 0 aromatic heterocycles. The van der Waals surface area contributed by atoms with Crippen LogP contribution in [-0.2, 0) is 9.53 Å². The molecule has 0 spiro atoms. The van der Waals surface area contributed by atoms with E-state index < -0.39 is 0 Å². The van der Waals surface area contributed by atoms with Gasteiger partial charge in [-0.3, -0.25) is 4.79 Å². The van der Waals surface area contributed by atoms with Crippen LogP contribution in [0.4, 0.5) is 0 Å². The van der Waals surface area contributed by atoms with Gasteiger partial charge in [0.25, 0.3) is 0 Å². The molecular weight excluding hydrogens is 358 g/mol. The van der Waals surface area contributed by atoms with E-state index in [9.17, 15) is 4.79 Å². The van der Waals surface area contributed by atoms with Gasteiger partial charge < -0.3 is 9.64 Å². The minimum atomic E-state index is 0.292. The molecule has 8 unspecified atom stereocenters. The molecule has 4 aliphatic carbocycles. The normalized spacial score (nSPS) is 46.8. The number of rotatable bonds is 4. The third kappa shape index (κ3) is 3.48. The second-order valence-electron chi connectivity index (χ2n) is 11.5. The molecule has 0 N–H and O–H groups in total. The van der Waals surface area contributed by atoms with Gasteiger partial charge in [0.2, 0.25) is 5.91 Å². The first-order valence-corrected chi connectivity index (χ1v) is 13.0. The molecule has 3 heteroatoms. The lowest BCUT2D eigenvalue weighted by atomic mass is 9.49. The lowest BCUT2D eigenvalue weighted by molar-refractivity contribution is -0.142. The number of nitrogens with zero attached hydrogens (tertiary/aromatic N) is 1. The number of likely N-dealkylation sites (tertiary alicyclic amines) is 1. The second kappa shape index (κ2) is 8.17. The van der Waals surface area contributed by atoms with Crippen molar-refractivity contribution in [1.82, 2.24) is 4.90 Å². The topological polar surface area (TPSA) is 29.5 Å². The van der Waals surface area contributed by atoms with E-state index in [1.807, 2.05) is 0 Å². The highest BCUT2D eigenvalue weighted by atomic mass is 16.5. The summed E-state index contributed by atoms with van der Waals surface area (Å²) in [6.45, 7) is 8.55. The summed E-state index contributed by atoms with van der Waals surface area (Å²) in [6.07, 6.45) is 14.8. The zero-order valence-corrected chi connectivity index (χ0v) is 18.9. The van der Waals surface area contributed by atoms with Gasteiger partial charge in [0.15, 0.2) is 0 Å². The zero-order valence-electron chi connectivity index (χ0n) is 18.9. The first kappa shape index (κ1) is 20.3. The average Bonchev–Trinajstić information content (AvgIpc) is 3.39. The molecule has 5 fully saturated rings. The van der Waals surface area contributed by atoms with Gasteiger partial charge in [0.05, 0.1) is 0 Å². The van der Waals surface area contributed by atoms with E-state index in [2.05, 4.69) is 18.7 Å². The van der Waals surface area contributed by atoms with Crippen LogP contribution in [0.2, 0.25) is 0 Å². The Morgan fingerprint density at radius 3 is 2.55 bits per heavy atom. The number of hydrogen-bond acceptors (Lipinski definition) is 2. The van der Waals surface area contributed by atoms with E-state index in [1.165, 1.54) is 70.6 Å². The SMILES string of the molecule is CCOCC1CCC2C(CCC3C2CCC2(C)C(C(=O)N4CCCC4)CCC32)C1. The molecule has 1 aliphatic heterocycles. The molecule has 1 heterocycles. The molecule has 8 atom stereocenters.